The van der Waals surface area contributed by atoms with Crippen LogP contribution in [0.4, 0.5) is 5.69 Å². The molecule has 3 amide bonds. The summed E-state index contributed by atoms with van der Waals surface area (Å²) < 4.78 is 3.16. The van der Waals surface area contributed by atoms with Gasteiger partial charge in [0.25, 0.3) is 5.56 Å². The number of imide groups is 1. The number of hydrogen-bond acceptors (Lipinski definition) is 4. The first-order valence-electron chi connectivity index (χ1n) is 12.6. The minimum atomic E-state index is -1.06. The number of hydrogen-bond donors (Lipinski definition) is 1. The Morgan fingerprint density at radius 2 is 1.49 bits per heavy atom. The van der Waals surface area contributed by atoms with E-state index in [1.54, 1.807) is 18.7 Å². The Kier molecular flexibility index (Phi) is 5.47. The molecular weight excluding hydrogens is 468 g/mol. The number of nitrogens with one attached hydrogen (secondary N) is 1. The first kappa shape index (κ1) is 23.2. The number of fused-ring (bicyclic) bond motifs is 5. The standard InChI is InChI=1S/C29H28N4O4/c1-17-25(29(37)33(31(17)2)21-11-7-4-8-12-21)30-26(34)22(15-18-9-5-3-6-10-18)32-27(35)23-19-13-14-20(16-19)24(23)28(32)36/h3-14,19-20,22-24H,15-16H2,1-2H3,(H,30,34)/t19-,20-,22-,23-,24+/m0/s1. The molecule has 2 fully saturated rings. The molecule has 8 heteroatoms. The van der Waals surface area contributed by atoms with E-state index in [9.17, 15) is 19.2 Å². The highest BCUT2D eigenvalue weighted by atomic mass is 16.2. The molecule has 5 atom stereocenters. The highest BCUT2D eigenvalue weighted by Crippen LogP contribution is 2.53. The number of nitrogens with zero attached hydrogens (tertiary/aromatic N) is 3. The van der Waals surface area contributed by atoms with Crippen LogP contribution in [0.1, 0.15) is 17.7 Å². The molecule has 3 aliphatic rings. The number of anilines is 1. The summed E-state index contributed by atoms with van der Waals surface area (Å²) in [4.78, 5) is 55.6. The number of amides is 3. The van der Waals surface area contributed by atoms with Gasteiger partial charge < -0.3 is 5.32 Å². The summed E-state index contributed by atoms with van der Waals surface area (Å²) in [5.74, 6) is -1.82. The second kappa shape index (κ2) is 8.73. The van der Waals surface area contributed by atoms with E-state index in [0.717, 1.165) is 12.0 Å². The third kappa shape index (κ3) is 3.58. The van der Waals surface area contributed by atoms with Crippen LogP contribution < -0.4 is 10.9 Å². The van der Waals surface area contributed by atoms with E-state index in [2.05, 4.69) is 5.32 Å². The number of likely N-dealkylation sites (tertiary alicyclic amines) is 1. The van der Waals surface area contributed by atoms with Gasteiger partial charge in [-0.25, -0.2) is 4.68 Å². The second-order valence-corrected chi connectivity index (χ2v) is 10.2. The van der Waals surface area contributed by atoms with Gasteiger partial charge in [-0.1, -0.05) is 60.7 Å². The van der Waals surface area contributed by atoms with Crippen LogP contribution in [0.3, 0.4) is 0 Å². The van der Waals surface area contributed by atoms with Crippen molar-refractivity contribution in [1.82, 2.24) is 14.3 Å². The molecule has 37 heavy (non-hydrogen) atoms. The van der Waals surface area contributed by atoms with Crippen LogP contribution >= 0.6 is 0 Å². The van der Waals surface area contributed by atoms with Crippen LogP contribution in [0.5, 0.6) is 0 Å². The third-order valence-corrected chi connectivity index (χ3v) is 8.19. The number of aromatic nitrogens is 2. The van der Waals surface area contributed by atoms with E-state index in [4.69, 9.17) is 0 Å². The summed E-state index contributed by atoms with van der Waals surface area (Å²) in [7, 11) is 1.75. The van der Waals surface area contributed by atoms with Crippen molar-refractivity contribution in [2.45, 2.75) is 25.8 Å². The van der Waals surface area contributed by atoms with Gasteiger partial charge in [0.15, 0.2) is 0 Å². The normalized spacial score (nSPS) is 24.5. The third-order valence-electron chi connectivity index (χ3n) is 8.19. The van der Waals surface area contributed by atoms with Crippen molar-refractivity contribution in [2.75, 3.05) is 5.32 Å². The molecule has 8 nitrogen and oxygen atoms in total. The Hall–Kier alpha value is -4.20. The molecule has 2 aliphatic carbocycles. The average Bonchev–Trinajstić information content (AvgIpc) is 3.64. The van der Waals surface area contributed by atoms with E-state index < -0.39 is 23.8 Å². The molecular formula is C29H28N4O4. The second-order valence-electron chi connectivity index (χ2n) is 10.2. The maximum absolute atomic E-state index is 13.8. The van der Waals surface area contributed by atoms with Crippen LogP contribution in [0.25, 0.3) is 5.69 Å². The van der Waals surface area contributed by atoms with Gasteiger partial charge in [0.2, 0.25) is 17.7 Å². The molecule has 2 heterocycles. The fourth-order valence-corrected chi connectivity index (χ4v) is 6.29. The topological polar surface area (TPSA) is 93.4 Å². The fourth-order valence-electron chi connectivity index (χ4n) is 6.29. The molecule has 1 aromatic heterocycles. The van der Waals surface area contributed by atoms with Gasteiger partial charge in [0.1, 0.15) is 11.7 Å². The maximum Gasteiger partial charge on any atom is 0.295 e. The van der Waals surface area contributed by atoms with Crippen LogP contribution in [-0.4, -0.2) is 38.0 Å². The van der Waals surface area contributed by atoms with E-state index in [1.807, 2.05) is 72.8 Å². The molecule has 188 valence electrons. The van der Waals surface area contributed by atoms with E-state index in [1.165, 1.54) is 9.58 Å². The molecule has 0 radical (unpaired) electrons. The van der Waals surface area contributed by atoms with Crippen LogP contribution in [0, 0.1) is 30.6 Å². The van der Waals surface area contributed by atoms with Crippen LogP contribution in [0.15, 0.2) is 77.6 Å². The Labute approximate surface area is 214 Å². The van der Waals surface area contributed by atoms with Gasteiger partial charge in [0, 0.05) is 13.5 Å². The lowest BCUT2D eigenvalue weighted by Gasteiger charge is -2.27. The Morgan fingerprint density at radius 3 is 2.08 bits per heavy atom. The number of carbonyl (C=O) groups is 3. The van der Waals surface area contributed by atoms with Crippen molar-refractivity contribution in [3.63, 3.8) is 0 Å². The zero-order chi connectivity index (χ0) is 25.8. The molecule has 2 aromatic carbocycles. The summed E-state index contributed by atoms with van der Waals surface area (Å²) in [6.45, 7) is 1.75. The van der Waals surface area contributed by atoms with Gasteiger partial charge in [-0.3, -0.25) is 28.8 Å². The predicted molar refractivity (Wildman–Crippen MR) is 138 cm³/mol. The van der Waals surface area contributed by atoms with Crippen molar-refractivity contribution in [3.05, 3.63) is 94.4 Å². The summed E-state index contributed by atoms with van der Waals surface area (Å²) in [6, 6.07) is 17.4. The smallest absolute Gasteiger partial charge is 0.295 e. The molecule has 1 saturated carbocycles. The minimum Gasteiger partial charge on any atom is -0.318 e. The monoisotopic (exact) mass is 496 g/mol. The quantitative estimate of drug-likeness (QED) is 0.420. The summed E-state index contributed by atoms with van der Waals surface area (Å²) in [5, 5.41) is 2.80. The van der Waals surface area contributed by atoms with Gasteiger partial charge in [-0.2, -0.15) is 0 Å². The maximum atomic E-state index is 13.8. The van der Waals surface area contributed by atoms with Crippen molar-refractivity contribution in [3.8, 4) is 5.69 Å². The van der Waals surface area contributed by atoms with Gasteiger partial charge >= 0.3 is 0 Å². The van der Waals surface area contributed by atoms with Crippen LogP contribution in [-0.2, 0) is 27.9 Å². The summed E-state index contributed by atoms with van der Waals surface area (Å²) in [6.07, 6.45) is 5.06. The lowest BCUT2D eigenvalue weighted by molar-refractivity contribution is -0.147. The largest absolute Gasteiger partial charge is 0.318 e. The zero-order valence-corrected chi connectivity index (χ0v) is 20.7. The fraction of sp³-hybridized carbons (Fsp3) is 0.310. The summed E-state index contributed by atoms with van der Waals surface area (Å²) >= 11 is 0. The lowest BCUT2D eigenvalue weighted by Crippen LogP contribution is -2.50. The number of rotatable bonds is 6. The summed E-state index contributed by atoms with van der Waals surface area (Å²) in [5.41, 5.74) is 1.82. The first-order chi connectivity index (χ1) is 17.9. The molecule has 1 saturated heterocycles. The molecule has 0 spiro atoms. The van der Waals surface area contributed by atoms with E-state index >= 15 is 0 Å². The molecule has 0 unspecified atom stereocenters. The molecule has 3 aromatic rings. The lowest BCUT2D eigenvalue weighted by atomic mass is 9.85. The highest BCUT2D eigenvalue weighted by Gasteiger charge is 2.61. The molecule has 1 aliphatic heterocycles. The van der Waals surface area contributed by atoms with E-state index in [-0.39, 0.29) is 41.3 Å². The van der Waals surface area contributed by atoms with Gasteiger partial charge in [-0.15, -0.1) is 0 Å². The highest BCUT2D eigenvalue weighted by molar-refractivity contribution is 6.11. The molecule has 2 bridgehead atoms. The van der Waals surface area contributed by atoms with Crippen molar-refractivity contribution in [2.24, 2.45) is 30.7 Å². The zero-order valence-electron chi connectivity index (χ0n) is 20.7. The number of benzene rings is 2. The number of allylic oxidation sites excluding steroid dienone is 2. The van der Waals surface area contributed by atoms with Gasteiger partial charge in [-0.05, 0) is 42.9 Å². The molecule has 1 N–H and O–H groups in total. The van der Waals surface area contributed by atoms with Gasteiger partial charge in [0.05, 0.1) is 23.2 Å². The van der Waals surface area contributed by atoms with E-state index in [0.29, 0.717) is 11.4 Å². The number of carbonyl (C=O) groups excluding carboxylic acids is 3. The van der Waals surface area contributed by atoms with Crippen LogP contribution in [0.2, 0.25) is 0 Å². The predicted octanol–water partition coefficient (Wildman–Crippen LogP) is 2.84. The average molecular weight is 497 g/mol. The number of para-hydroxylation sites is 1. The van der Waals surface area contributed by atoms with Crippen molar-refractivity contribution in [1.29, 1.82) is 0 Å². The SMILES string of the molecule is Cc1c(NC(=O)[C@H](Cc2ccccc2)N2C(=O)[C@@H]3[C@H](C2=O)[C@H]2C=C[C@H]3C2)c(=O)n(-c2ccccc2)n1C. The first-order valence-corrected chi connectivity index (χ1v) is 12.6. The Morgan fingerprint density at radius 1 is 0.919 bits per heavy atom. The van der Waals surface area contributed by atoms with Crippen molar-refractivity contribution >= 4 is 23.4 Å². The Balaban J connectivity index is 1.36. The Bertz CT molecular complexity index is 1460. The minimum absolute atomic E-state index is 0.0475. The molecule has 6 rings (SSSR count). The van der Waals surface area contributed by atoms with Crippen molar-refractivity contribution < 1.29 is 14.4 Å².